The van der Waals surface area contributed by atoms with Crippen molar-refractivity contribution in [3.63, 3.8) is 0 Å². The maximum absolute atomic E-state index is 12.1. The molecule has 7 heteroatoms. The molecule has 0 unspecified atom stereocenters. The number of H-pyrrole nitrogens is 1. The highest BCUT2D eigenvalue weighted by Gasteiger charge is 2.11. The summed E-state index contributed by atoms with van der Waals surface area (Å²) in [5.74, 6) is 0.0488. The molecule has 2 aromatic carbocycles. The Hall–Kier alpha value is -2.80. The van der Waals surface area contributed by atoms with Crippen LogP contribution in [0.3, 0.4) is 0 Å². The van der Waals surface area contributed by atoms with Crippen LogP contribution in [0, 0.1) is 6.92 Å². The molecule has 0 saturated heterocycles. The second-order valence-corrected chi connectivity index (χ2v) is 6.84. The molecule has 1 heterocycles. The van der Waals surface area contributed by atoms with E-state index < -0.39 is 0 Å². The summed E-state index contributed by atoms with van der Waals surface area (Å²) in [6.07, 6.45) is 0.726. The molecule has 0 saturated carbocycles. The molecule has 3 rings (SSSR count). The Morgan fingerprint density at radius 3 is 2.62 bits per heavy atom. The highest BCUT2D eigenvalue weighted by molar-refractivity contribution is 7.99. The van der Waals surface area contributed by atoms with Crippen LogP contribution >= 0.6 is 11.8 Å². The summed E-state index contributed by atoms with van der Waals surface area (Å²) >= 11 is 1.24. The number of benzene rings is 2. The van der Waals surface area contributed by atoms with Gasteiger partial charge in [0.1, 0.15) is 0 Å². The lowest BCUT2D eigenvalue weighted by molar-refractivity contribution is -0.113. The minimum Gasteiger partial charge on any atom is -0.325 e. The van der Waals surface area contributed by atoms with Crippen molar-refractivity contribution >= 4 is 23.4 Å². The number of anilines is 1. The molecule has 0 atom stereocenters. The van der Waals surface area contributed by atoms with E-state index in [0.29, 0.717) is 11.7 Å². The third-order valence-corrected chi connectivity index (χ3v) is 4.83. The number of thioether (sulfide) groups is 1. The van der Waals surface area contributed by atoms with E-state index in [1.165, 1.54) is 11.8 Å². The van der Waals surface area contributed by atoms with Crippen molar-refractivity contribution in [2.75, 3.05) is 11.1 Å². The smallest absolute Gasteiger partial charge is 0.325 e. The molecule has 0 radical (unpaired) electrons. The molecule has 2 N–H and O–H groups in total. The Labute approximate surface area is 155 Å². The summed E-state index contributed by atoms with van der Waals surface area (Å²) in [6.45, 7) is 2.51. The first kappa shape index (κ1) is 18.0. The average molecular weight is 368 g/mol. The van der Waals surface area contributed by atoms with Gasteiger partial charge in [-0.1, -0.05) is 59.8 Å². The largest absolute Gasteiger partial charge is 0.343 e. The number of carbonyl (C=O) groups is 1. The molecule has 0 aliphatic carbocycles. The lowest BCUT2D eigenvalue weighted by atomic mass is 10.1. The minimum absolute atomic E-state index is 0.135. The molecule has 0 bridgehead atoms. The summed E-state index contributed by atoms with van der Waals surface area (Å²) in [5.41, 5.74) is 2.78. The highest BCUT2D eigenvalue weighted by atomic mass is 32.2. The van der Waals surface area contributed by atoms with Gasteiger partial charge in [-0.25, -0.2) is 9.89 Å². The van der Waals surface area contributed by atoms with E-state index in [4.69, 9.17) is 0 Å². The van der Waals surface area contributed by atoms with Crippen molar-refractivity contribution in [1.82, 2.24) is 14.8 Å². The van der Waals surface area contributed by atoms with Gasteiger partial charge >= 0.3 is 5.69 Å². The Balaban J connectivity index is 1.57. The van der Waals surface area contributed by atoms with Crippen LogP contribution in [-0.2, 0) is 17.8 Å². The summed E-state index contributed by atoms with van der Waals surface area (Å²) < 4.78 is 1.57. The number of nitrogens with one attached hydrogen (secondary N) is 2. The van der Waals surface area contributed by atoms with Crippen molar-refractivity contribution in [2.45, 2.75) is 25.0 Å². The van der Waals surface area contributed by atoms with E-state index in [2.05, 4.69) is 15.5 Å². The second kappa shape index (κ2) is 8.53. The normalized spacial score (nSPS) is 10.7. The third kappa shape index (κ3) is 4.86. The van der Waals surface area contributed by atoms with Crippen molar-refractivity contribution in [2.24, 2.45) is 0 Å². The third-order valence-electron chi connectivity index (χ3n) is 3.86. The molecule has 26 heavy (non-hydrogen) atoms. The van der Waals surface area contributed by atoms with E-state index in [1.807, 2.05) is 61.5 Å². The predicted octanol–water partition coefficient (Wildman–Crippen LogP) is 2.85. The Bertz CT molecular complexity index is 917. The number of aryl methyl sites for hydroxylation is 2. The Morgan fingerprint density at radius 1 is 1.15 bits per heavy atom. The summed E-state index contributed by atoms with van der Waals surface area (Å²) in [6, 6.07) is 17.6. The predicted molar refractivity (Wildman–Crippen MR) is 104 cm³/mol. The van der Waals surface area contributed by atoms with Gasteiger partial charge in [0.2, 0.25) is 5.91 Å². The van der Waals surface area contributed by atoms with Crippen LogP contribution < -0.4 is 11.0 Å². The van der Waals surface area contributed by atoms with Crippen LogP contribution in [0.15, 0.2) is 64.5 Å². The molecular formula is C19H20N4O2S. The zero-order valence-electron chi connectivity index (χ0n) is 14.4. The standard InChI is InChI=1S/C19H20N4O2S/c1-14-7-9-16(10-8-14)20-17(24)13-26-19-22-21-18(25)23(19)12-11-15-5-3-2-4-6-15/h2-10H,11-13H2,1H3,(H,20,24)(H,21,25). The zero-order valence-corrected chi connectivity index (χ0v) is 15.3. The van der Waals surface area contributed by atoms with Crippen molar-refractivity contribution in [1.29, 1.82) is 0 Å². The number of amides is 1. The van der Waals surface area contributed by atoms with Gasteiger partial charge in [0.15, 0.2) is 5.16 Å². The number of aromatic amines is 1. The van der Waals surface area contributed by atoms with Gasteiger partial charge in [0, 0.05) is 12.2 Å². The van der Waals surface area contributed by atoms with Crippen LogP contribution in [0.25, 0.3) is 0 Å². The van der Waals surface area contributed by atoms with Crippen LogP contribution in [0.5, 0.6) is 0 Å². The van der Waals surface area contributed by atoms with Gasteiger partial charge in [0.05, 0.1) is 5.75 Å². The highest BCUT2D eigenvalue weighted by Crippen LogP contribution is 2.15. The van der Waals surface area contributed by atoms with E-state index in [1.54, 1.807) is 4.57 Å². The van der Waals surface area contributed by atoms with Gasteiger partial charge in [0.25, 0.3) is 0 Å². The molecule has 0 aliphatic rings. The minimum atomic E-state index is -0.262. The molecule has 6 nitrogen and oxygen atoms in total. The number of carbonyl (C=O) groups excluding carboxylic acids is 1. The van der Waals surface area contributed by atoms with Crippen molar-refractivity contribution in [3.8, 4) is 0 Å². The summed E-state index contributed by atoms with van der Waals surface area (Å²) in [4.78, 5) is 24.1. The van der Waals surface area contributed by atoms with E-state index >= 15 is 0 Å². The van der Waals surface area contributed by atoms with Crippen molar-refractivity contribution < 1.29 is 4.79 Å². The number of hydrogen-bond donors (Lipinski definition) is 2. The number of aromatic nitrogens is 3. The van der Waals surface area contributed by atoms with Gasteiger partial charge in [-0.15, -0.1) is 5.10 Å². The zero-order chi connectivity index (χ0) is 18.4. The first-order valence-corrected chi connectivity index (χ1v) is 9.29. The van der Waals surface area contributed by atoms with Crippen molar-refractivity contribution in [3.05, 3.63) is 76.2 Å². The molecule has 0 aliphatic heterocycles. The molecule has 134 valence electrons. The first-order chi connectivity index (χ1) is 12.6. The maximum Gasteiger partial charge on any atom is 0.343 e. The lowest BCUT2D eigenvalue weighted by Crippen LogP contribution is -2.20. The topological polar surface area (TPSA) is 79.8 Å². The van der Waals surface area contributed by atoms with E-state index in [-0.39, 0.29) is 17.3 Å². The van der Waals surface area contributed by atoms with Crippen LogP contribution in [0.2, 0.25) is 0 Å². The number of hydrogen-bond acceptors (Lipinski definition) is 4. The molecule has 0 fully saturated rings. The fourth-order valence-corrected chi connectivity index (χ4v) is 3.23. The van der Waals surface area contributed by atoms with E-state index in [9.17, 15) is 9.59 Å². The summed E-state index contributed by atoms with van der Waals surface area (Å²) in [5, 5.41) is 9.84. The van der Waals surface area contributed by atoms with Crippen LogP contribution in [0.4, 0.5) is 5.69 Å². The molecule has 1 amide bonds. The van der Waals surface area contributed by atoms with Gasteiger partial charge in [-0.05, 0) is 31.0 Å². The molecular weight excluding hydrogens is 348 g/mol. The first-order valence-electron chi connectivity index (χ1n) is 8.30. The Morgan fingerprint density at radius 2 is 1.88 bits per heavy atom. The fraction of sp³-hybridized carbons (Fsp3) is 0.211. The van der Waals surface area contributed by atoms with E-state index in [0.717, 1.165) is 23.2 Å². The van der Waals surface area contributed by atoms with Gasteiger partial charge < -0.3 is 5.32 Å². The van der Waals surface area contributed by atoms with Crippen LogP contribution in [0.1, 0.15) is 11.1 Å². The quantitative estimate of drug-likeness (QED) is 0.629. The van der Waals surface area contributed by atoms with Crippen LogP contribution in [-0.4, -0.2) is 26.4 Å². The van der Waals surface area contributed by atoms with Gasteiger partial charge in [-0.2, -0.15) is 0 Å². The second-order valence-electron chi connectivity index (χ2n) is 5.90. The van der Waals surface area contributed by atoms with Gasteiger partial charge in [-0.3, -0.25) is 9.36 Å². The lowest BCUT2D eigenvalue weighted by Gasteiger charge is -2.07. The monoisotopic (exact) mass is 368 g/mol. The number of rotatable bonds is 7. The number of nitrogens with zero attached hydrogens (tertiary/aromatic N) is 2. The molecule has 1 aromatic heterocycles. The Kier molecular flexibility index (Phi) is 5.91. The fourth-order valence-electron chi connectivity index (χ4n) is 2.46. The maximum atomic E-state index is 12.1. The molecule has 0 spiro atoms. The molecule has 3 aromatic rings. The summed E-state index contributed by atoms with van der Waals surface area (Å²) in [7, 11) is 0. The SMILES string of the molecule is Cc1ccc(NC(=O)CSc2n[nH]c(=O)n2CCc2ccccc2)cc1. The average Bonchev–Trinajstić information content (AvgIpc) is 3.01.